The molecule has 7 heteroatoms. The third kappa shape index (κ3) is 6.60. The van der Waals surface area contributed by atoms with Gasteiger partial charge in [-0.05, 0) is 17.7 Å². The van der Waals surface area contributed by atoms with E-state index in [1.807, 2.05) is 48.5 Å². The Hall–Kier alpha value is -2.32. The predicted molar refractivity (Wildman–Crippen MR) is 113 cm³/mol. The number of ether oxygens (including phenoxy) is 5. The molecular weight excluding hydrogens is 386 g/mol. The summed E-state index contributed by atoms with van der Waals surface area (Å²) in [7, 11) is 3.20. The summed E-state index contributed by atoms with van der Waals surface area (Å²) in [5.41, 5.74) is 1.10. The normalized spacial score (nSPS) is 18.0. The van der Waals surface area contributed by atoms with Crippen LogP contribution in [-0.4, -0.2) is 75.9 Å². The Balaban J connectivity index is 1.43. The molecule has 2 atom stereocenters. The molecule has 7 nitrogen and oxygen atoms in total. The average molecular weight is 418 g/mol. The van der Waals surface area contributed by atoms with E-state index in [1.54, 1.807) is 14.2 Å². The Bertz CT molecular complexity index is 734. The van der Waals surface area contributed by atoms with Crippen LogP contribution in [0.3, 0.4) is 0 Å². The second-order valence-electron chi connectivity index (χ2n) is 7.21. The highest BCUT2D eigenvalue weighted by atomic mass is 16.6. The fourth-order valence-electron chi connectivity index (χ4n) is 3.42. The molecule has 0 amide bonds. The zero-order valence-corrected chi connectivity index (χ0v) is 17.7. The first-order chi connectivity index (χ1) is 14.7. The van der Waals surface area contributed by atoms with Crippen LogP contribution in [-0.2, 0) is 16.1 Å². The van der Waals surface area contributed by atoms with Crippen LogP contribution in [0.1, 0.15) is 5.56 Å². The fourth-order valence-corrected chi connectivity index (χ4v) is 3.42. The molecule has 164 valence electrons. The topological polar surface area (TPSA) is 69.6 Å². The number of hydrogen-bond acceptors (Lipinski definition) is 7. The summed E-state index contributed by atoms with van der Waals surface area (Å²) in [6.45, 7) is 3.73. The lowest BCUT2D eigenvalue weighted by Crippen LogP contribution is -2.48. The van der Waals surface area contributed by atoms with Crippen molar-refractivity contribution in [1.29, 1.82) is 0 Å². The van der Waals surface area contributed by atoms with Gasteiger partial charge >= 0.3 is 0 Å². The Labute approximate surface area is 178 Å². The lowest BCUT2D eigenvalue weighted by Gasteiger charge is -2.34. The molecule has 2 aromatic rings. The number of hydrogen-bond donors (Lipinski definition) is 1. The quantitative estimate of drug-likeness (QED) is 0.602. The Morgan fingerprint density at radius 1 is 1.07 bits per heavy atom. The van der Waals surface area contributed by atoms with Gasteiger partial charge in [-0.3, -0.25) is 4.90 Å². The molecule has 2 unspecified atom stereocenters. The van der Waals surface area contributed by atoms with Gasteiger partial charge in [0.2, 0.25) is 5.75 Å². The smallest absolute Gasteiger partial charge is 0.203 e. The van der Waals surface area contributed by atoms with Gasteiger partial charge in [0.05, 0.1) is 40.1 Å². The summed E-state index contributed by atoms with van der Waals surface area (Å²) in [5.74, 6) is 1.80. The van der Waals surface area contributed by atoms with E-state index >= 15 is 0 Å². The van der Waals surface area contributed by atoms with Crippen LogP contribution in [0.15, 0.2) is 48.5 Å². The largest absolute Gasteiger partial charge is 0.493 e. The highest BCUT2D eigenvalue weighted by Gasteiger charge is 2.24. The number of β-amino-alcohol motifs (C(OH)–C–C–N with tert-alkyl or cyclic N) is 1. The van der Waals surface area contributed by atoms with Crippen LogP contribution in [0.2, 0.25) is 0 Å². The molecule has 0 aromatic heterocycles. The molecule has 0 radical (unpaired) electrons. The van der Waals surface area contributed by atoms with Crippen molar-refractivity contribution in [3.8, 4) is 17.2 Å². The number of morpholine rings is 1. The maximum Gasteiger partial charge on any atom is 0.203 e. The molecule has 1 saturated heterocycles. The van der Waals surface area contributed by atoms with E-state index in [9.17, 15) is 5.11 Å². The molecular formula is C23H31NO6. The minimum Gasteiger partial charge on any atom is -0.493 e. The second-order valence-corrected chi connectivity index (χ2v) is 7.21. The molecule has 0 saturated carbocycles. The first kappa shape index (κ1) is 22.4. The first-order valence-corrected chi connectivity index (χ1v) is 10.2. The summed E-state index contributed by atoms with van der Waals surface area (Å²) in [6, 6.07) is 15.5. The van der Waals surface area contributed by atoms with E-state index in [0.29, 0.717) is 56.8 Å². The summed E-state index contributed by atoms with van der Waals surface area (Å²) in [5, 5.41) is 10.3. The van der Waals surface area contributed by atoms with Crippen molar-refractivity contribution < 1.29 is 28.8 Å². The van der Waals surface area contributed by atoms with Crippen molar-refractivity contribution in [3.05, 3.63) is 54.1 Å². The van der Waals surface area contributed by atoms with Crippen molar-refractivity contribution in [1.82, 2.24) is 4.90 Å². The summed E-state index contributed by atoms with van der Waals surface area (Å²) in [6.07, 6.45) is -0.659. The SMILES string of the molecule is COc1cccc(OC)c1OCC1CN(CC(O)COCc2ccccc2)CCO1. The zero-order chi connectivity index (χ0) is 21.2. The predicted octanol–water partition coefficient (Wildman–Crippen LogP) is 2.36. The number of aliphatic hydroxyl groups excluding tert-OH is 1. The average Bonchev–Trinajstić information content (AvgIpc) is 2.78. The Morgan fingerprint density at radius 2 is 1.80 bits per heavy atom. The van der Waals surface area contributed by atoms with E-state index in [4.69, 9.17) is 23.7 Å². The van der Waals surface area contributed by atoms with Gasteiger partial charge in [0.15, 0.2) is 11.5 Å². The van der Waals surface area contributed by atoms with Gasteiger partial charge in [0.25, 0.3) is 0 Å². The number of para-hydroxylation sites is 1. The molecule has 1 N–H and O–H groups in total. The lowest BCUT2D eigenvalue weighted by atomic mass is 10.2. The lowest BCUT2D eigenvalue weighted by molar-refractivity contribution is -0.0657. The Morgan fingerprint density at radius 3 is 2.50 bits per heavy atom. The van der Waals surface area contributed by atoms with Crippen LogP contribution in [0.4, 0.5) is 0 Å². The maximum absolute atomic E-state index is 10.3. The third-order valence-electron chi connectivity index (χ3n) is 4.91. The summed E-state index contributed by atoms with van der Waals surface area (Å²) < 4.78 is 28.2. The van der Waals surface area contributed by atoms with Crippen molar-refractivity contribution in [2.24, 2.45) is 0 Å². The molecule has 3 rings (SSSR count). The van der Waals surface area contributed by atoms with Crippen LogP contribution in [0.5, 0.6) is 17.2 Å². The molecule has 1 fully saturated rings. The fraction of sp³-hybridized carbons (Fsp3) is 0.478. The molecule has 2 aromatic carbocycles. The van der Waals surface area contributed by atoms with Gasteiger partial charge in [-0.2, -0.15) is 0 Å². The van der Waals surface area contributed by atoms with Gasteiger partial charge in [-0.25, -0.2) is 0 Å². The number of benzene rings is 2. The van der Waals surface area contributed by atoms with Crippen LogP contribution >= 0.6 is 0 Å². The van der Waals surface area contributed by atoms with Crippen LogP contribution in [0, 0.1) is 0 Å². The summed E-state index contributed by atoms with van der Waals surface area (Å²) in [4.78, 5) is 2.17. The van der Waals surface area contributed by atoms with E-state index < -0.39 is 6.10 Å². The maximum atomic E-state index is 10.3. The van der Waals surface area contributed by atoms with Crippen molar-refractivity contribution in [2.45, 2.75) is 18.8 Å². The minimum atomic E-state index is -0.553. The number of methoxy groups -OCH3 is 2. The monoisotopic (exact) mass is 417 g/mol. The van der Waals surface area contributed by atoms with Gasteiger partial charge in [0.1, 0.15) is 12.7 Å². The Kier molecular flexibility index (Phi) is 8.77. The number of rotatable bonds is 11. The summed E-state index contributed by atoms with van der Waals surface area (Å²) >= 11 is 0. The van der Waals surface area contributed by atoms with Gasteiger partial charge in [-0.1, -0.05) is 36.4 Å². The zero-order valence-electron chi connectivity index (χ0n) is 17.7. The molecule has 1 aliphatic heterocycles. The van der Waals surface area contributed by atoms with Crippen molar-refractivity contribution in [2.75, 3.05) is 53.7 Å². The van der Waals surface area contributed by atoms with Crippen LogP contribution in [0.25, 0.3) is 0 Å². The molecule has 0 bridgehead atoms. The van der Waals surface area contributed by atoms with E-state index in [0.717, 1.165) is 12.1 Å². The number of nitrogens with zero attached hydrogens (tertiary/aromatic N) is 1. The molecule has 0 aliphatic carbocycles. The van der Waals surface area contributed by atoms with Crippen LogP contribution < -0.4 is 14.2 Å². The first-order valence-electron chi connectivity index (χ1n) is 10.2. The van der Waals surface area contributed by atoms with E-state index in [2.05, 4.69) is 4.90 Å². The highest BCUT2D eigenvalue weighted by Crippen LogP contribution is 2.36. The highest BCUT2D eigenvalue weighted by molar-refractivity contribution is 5.51. The standard InChI is InChI=1S/C23H31NO6/c1-26-21-9-6-10-22(27-2)23(21)30-17-20-14-24(11-12-29-20)13-19(25)16-28-15-18-7-4-3-5-8-18/h3-10,19-20,25H,11-17H2,1-2H3. The molecule has 1 aliphatic rings. The minimum absolute atomic E-state index is 0.106. The molecule has 0 spiro atoms. The van der Waals surface area contributed by atoms with Gasteiger partial charge in [0, 0.05) is 19.6 Å². The van der Waals surface area contributed by atoms with Crippen molar-refractivity contribution in [3.63, 3.8) is 0 Å². The van der Waals surface area contributed by atoms with Gasteiger partial charge < -0.3 is 28.8 Å². The van der Waals surface area contributed by atoms with E-state index in [1.165, 1.54) is 0 Å². The van der Waals surface area contributed by atoms with Gasteiger partial charge in [-0.15, -0.1) is 0 Å². The second kappa shape index (κ2) is 11.8. The number of aliphatic hydroxyl groups is 1. The van der Waals surface area contributed by atoms with E-state index in [-0.39, 0.29) is 6.10 Å². The molecule has 30 heavy (non-hydrogen) atoms. The third-order valence-corrected chi connectivity index (χ3v) is 4.91. The van der Waals surface area contributed by atoms with Crippen molar-refractivity contribution >= 4 is 0 Å². The molecule has 1 heterocycles.